The van der Waals surface area contributed by atoms with Crippen LogP contribution in [-0.2, 0) is 12.8 Å². The number of halogens is 1. The Bertz CT molecular complexity index is 505. The van der Waals surface area contributed by atoms with Crippen LogP contribution in [0, 0.1) is 5.82 Å². The fraction of sp³-hybridized carbons (Fsp3) is 0.250. The van der Waals surface area contributed by atoms with E-state index in [1.807, 2.05) is 12.1 Å². The largest absolute Gasteiger partial charge is 0.324 e. The molecular formula is C16H18FN. The molecule has 1 atom stereocenters. The number of nitrogens with two attached hydrogens (primary N) is 1. The van der Waals surface area contributed by atoms with Crippen LogP contribution in [0.1, 0.15) is 29.7 Å². The summed E-state index contributed by atoms with van der Waals surface area (Å²) in [5.41, 5.74) is 9.78. The summed E-state index contributed by atoms with van der Waals surface area (Å²) < 4.78 is 12.8. The molecule has 18 heavy (non-hydrogen) atoms. The molecule has 1 nitrogen and oxygen atoms in total. The number of benzene rings is 2. The molecule has 0 aliphatic rings. The summed E-state index contributed by atoms with van der Waals surface area (Å²) >= 11 is 0. The summed E-state index contributed by atoms with van der Waals surface area (Å²) in [4.78, 5) is 0. The molecular weight excluding hydrogens is 225 g/mol. The molecule has 0 radical (unpaired) electrons. The van der Waals surface area contributed by atoms with Gasteiger partial charge in [-0.3, -0.25) is 0 Å². The molecule has 94 valence electrons. The Morgan fingerprint density at radius 1 is 1.06 bits per heavy atom. The normalized spacial score (nSPS) is 12.4. The third-order valence-electron chi connectivity index (χ3n) is 3.20. The Morgan fingerprint density at radius 3 is 2.39 bits per heavy atom. The predicted octanol–water partition coefficient (Wildman–Crippen LogP) is 3.63. The maximum atomic E-state index is 12.8. The molecule has 0 saturated carbocycles. The lowest BCUT2D eigenvalue weighted by molar-refractivity contribution is 0.625. The summed E-state index contributed by atoms with van der Waals surface area (Å²) in [6.45, 7) is 2.13. The van der Waals surface area contributed by atoms with Crippen molar-refractivity contribution < 1.29 is 4.39 Å². The first kappa shape index (κ1) is 12.8. The average molecular weight is 243 g/mol. The Kier molecular flexibility index (Phi) is 4.11. The molecule has 2 N–H and O–H groups in total. The van der Waals surface area contributed by atoms with Crippen LogP contribution in [0.2, 0.25) is 0 Å². The van der Waals surface area contributed by atoms with Crippen molar-refractivity contribution in [3.8, 4) is 0 Å². The number of aryl methyl sites for hydroxylation is 1. The van der Waals surface area contributed by atoms with E-state index in [0.29, 0.717) is 0 Å². The van der Waals surface area contributed by atoms with Crippen molar-refractivity contribution in [2.75, 3.05) is 0 Å². The van der Waals surface area contributed by atoms with Gasteiger partial charge in [-0.1, -0.05) is 43.3 Å². The number of hydrogen-bond donors (Lipinski definition) is 1. The Hall–Kier alpha value is -1.67. The highest BCUT2D eigenvalue weighted by Crippen LogP contribution is 2.20. The summed E-state index contributed by atoms with van der Waals surface area (Å²) in [5.74, 6) is -0.207. The predicted molar refractivity (Wildman–Crippen MR) is 72.9 cm³/mol. The van der Waals surface area contributed by atoms with Crippen LogP contribution in [0.4, 0.5) is 4.39 Å². The lowest BCUT2D eigenvalue weighted by Gasteiger charge is -2.16. The van der Waals surface area contributed by atoms with E-state index in [2.05, 4.69) is 19.1 Å². The number of hydrogen-bond acceptors (Lipinski definition) is 1. The van der Waals surface area contributed by atoms with Crippen LogP contribution < -0.4 is 5.73 Å². The van der Waals surface area contributed by atoms with Gasteiger partial charge in [-0.05, 0) is 41.7 Å². The molecule has 0 aliphatic carbocycles. The molecule has 0 bridgehead atoms. The maximum Gasteiger partial charge on any atom is 0.123 e. The molecule has 2 heteroatoms. The van der Waals surface area contributed by atoms with Gasteiger partial charge in [0.15, 0.2) is 0 Å². The monoisotopic (exact) mass is 243 g/mol. The minimum Gasteiger partial charge on any atom is -0.324 e. The van der Waals surface area contributed by atoms with Crippen molar-refractivity contribution in [3.05, 3.63) is 71.0 Å². The molecule has 0 saturated heterocycles. The van der Waals surface area contributed by atoms with Crippen molar-refractivity contribution in [1.29, 1.82) is 0 Å². The summed E-state index contributed by atoms with van der Waals surface area (Å²) in [6.07, 6.45) is 1.71. The molecule has 0 aliphatic heterocycles. The molecule has 0 amide bonds. The van der Waals surface area contributed by atoms with Gasteiger partial charge in [0.25, 0.3) is 0 Å². The second-order valence-electron chi connectivity index (χ2n) is 4.49. The van der Waals surface area contributed by atoms with Crippen molar-refractivity contribution >= 4 is 0 Å². The quantitative estimate of drug-likeness (QED) is 0.871. The van der Waals surface area contributed by atoms with E-state index in [-0.39, 0.29) is 11.9 Å². The van der Waals surface area contributed by atoms with Crippen LogP contribution in [0.15, 0.2) is 48.5 Å². The van der Waals surface area contributed by atoms with Crippen LogP contribution in [0.25, 0.3) is 0 Å². The van der Waals surface area contributed by atoms with E-state index in [9.17, 15) is 4.39 Å². The third kappa shape index (κ3) is 2.96. The van der Waals surface area contributed by atoms with Crippen LogP contribution in [-0.4, -0.2) is 0 Å². The van der Waals surface area contributed by atoms with Gasteiger partial charge in [-0.25, -0.2) is 4.39 Å². The third-order valence-corrected chi connectivity index (χ3v) is 3.20. The second-order valence-corrected chi connectivity index (χ2v) is 4.49. The smallest absolute Gasteiger partial charge is 0.123 e. The molecule has 0 aromatic heterocycles. The van der Waals surface area contributed by atoms with Gasteiger partial charge >= 0.3 is 0 Å². The SMILES string of the molecule is CCc1ccccc1C(N)Cc1ccc(F)cc1. The Labute approximate surface area is 107 Å². The summed E-state index contributed by atoms with van der Waals surface area (Å²) in [6, 6.07) is 14.8. The lowest BCUT2D eigenvalue weighted by Crippen LogP contribution is -2.15. The first-order valence-electron chi connectivity index (χ1n) is 6.28. The van der Waals surface area contributed by atoms with Gasteiger partial charge < -0.3 is 5.73 Å². The molecule has 1 unspecified atom stereocenters. The Morgan fingerprint density at radius 2 is 1.72 bits per heavy atom. The zero-order valence-electron chi connectivity index (χ0n) is 10.6. The highest BCUT2D eigenvalue weighted by Gasteiger charge is 2.10. The molecule has 2 aromatic rings. The van der Waals surface area contributed by atoms with Gasteiger partial charge in [0.2, 0.25) is 0 Å². The van der Waals surface area contributed by atoms with Gasteiger partial charge in [0.1, 0.15) is 5.82 Å². The van der Waals surface area contributed by atoms with E-state index in [0.717, 1.165) is 18.4 Å². The van der Waals surface area contributed by atoms with E-state index in [4.69, 9.17) is 5.73 Å². The van der Waals surface area contributed by atoms with E-state index < -0.39 is 0 Å². The fourth-order valence-corrected chi connectivity index (χ4v) is 2.20. The minimum absolute atomic E-state index is 0.0355. The maximum absolute atomic E-state index is 12.8. The highest BCUT2D eigenvalue weighted by atomic mass is 19.1. The van der Waals surface area contributed by atoms with Gasteiger partial charge in [-0.2, -0.15) is 0 Å². The van der Waals surface area contributed by atoms with Gasteiger partial charge in [0.05, 0.1) is 0 Å². The topological polar surface area (TPSA) is 26.0 Å². The van der Waals surface area contributed by atoms with Crippen LogP contribution >= 0.6 is 0 Å². The molecule has 2 aromatic carbocycles. The Balaban J connectivity index is 2.16. The van der Waals surface area contributed by atoms with E-state index in [1.165, 1.54) is 23.3 Å². The zero-order valence-corrected chi connectivity index (χ0v) is 10.6. The summed E-state index contributed by atoms with van der Waals surface area (Å²) in [5, 5.41) is 0. The van der Waals surface area contributed by atoms with E-state index in [1.54, 1.807) is 12.1 Å². The van der Waals surface area contributed by atoms with Crippen LogP contribution in [0.3, 0.4) is 0 Å². The number of rotatable bonds is 4. The van der Waals surface area contributed by atoms with Crippen molar-refractivity contribution in [2.24, 2.45) is 5.73 Å². The minimum atomic E-state index is -0.207. The van der Waals surface area contributed by atoms with Gasteiger partial charge in [0, 0.05) is 6.04 Å². The standard InChI is InChI=1S/C16H18FN/c1-2-13-5-3-4-6-15(13)16(18)11-12-7-9-14(17)10-8-12/h3-10,16H,2,11,18H2,1H3. The van der Waals surface area contributed by atoms with Crippen molar-refractivity contribution in [2.45, 2.75) is 25.8 Å². The second kappa shape index (κ2) is 5.78. The summed E-state index contributed by atoms with van der Waals surface area (Å²) in [7, 11) is 0. The fourth-order valence-electron chi connectivity index (χ4n) is 2.20. The molecule has 0 fully saturated rings. The van der Waals surface area contributed by atoms with Crippen LogP contribution in [0.5, 0.6) is 0 Å². The van der Waals surface area contributed by atoms with E-state index >= 15 is 0 Å². The first-order chi connectivity index (χ1) is 8.70. The highest BCUT2D eigenvalue weighted by molar-refractivity contribution is 5.31. The lowest BCUT2D eigenvalue weighted by atomic mass is 9.94. The van der Waals surface area contributed by atoms with Gasteiger partial charge in [-0.15, -0.1) is 0 Å². The molecule has 0 heterocycles. The molecule has 0 spiro atoms. The average Bonchev–Trinajstić information content (AvgIpc) is 2.41. The zero-order chi connectivity index (χ0) is 13.0. The van der Waals surface area contributed by atoms with Crippen molar-refractivity contribution in [3.63, 3.8) is 0 Å². The molecule has 2 rings (SSSR count). The first-order valence-corrected chi connectivity index (χ1v) is 6.28. The van der Waals surface area contributed by atoms with Crippen molar-refractivity contribution in [1.82, 2.24) is 0 Å².